The van der Waals surface area contributed by atoms with Gasteiger partial charge < -0.3 is 10.1 Å². The molecule has 2 heterocycles. The highest BCUT2D eigenvalue weighted by molar-refractivity contribution is 7.89. The van der Waals surface area contributed by atoms with Crippen molar-refractivity contribution in [2.75, 3.05) is 39.4 Å². The molecule has 0 radical (unpaired) electrons. The van der Waals surface area contributed by atoms with Gasteiger partial charge in [0, 0.05) is 37.8 Å². The summed E-state index contributed by atoms with van der Waals surface area (Å²) >= 11 is 0. The van der Waals surface area contributed by atoms with Gasteiger partial charge in [-0.05, 0) is 55.7 Å². The number of morpholine rings is 1. The van der Waals surface area contributed by atoms with Crippen molar-refractivity contribution in [3.05, 3.63) is 65.5 Å². The number of benzene rings is 2. The van der Waals surface area contributed by atoms with Gasteiger partial charge in [0.25, 0.3) is 5.91 Å². The molecule has 184 valence electrons. The fourth-order valence-electron chi connectivity index (χ4n) is 4.71. The minimum Gasteiger partial charge on any atom is -0.379 e. The normalized spacial score (nSPS) is 21.2. The van der Waals surface area contributed by atoms with E-state index in [9.17, 15) is 17.6 Å². The highest BCUT2D eigenvalue weighted by Crippen LogP contribution is 2.26. The van der Waals surface area contributed by atoms with E-state index < -0.39 is 10.0 Å². The van der Waals surface area contributed by atoms with Crippen molar-refractivity contribution in [1.29, 1.82) is 0 Å². The van der Waals surface area contributed by atoms with E-state index in [1.807, 2.05) is 13.0 Å². The minimum absolute atomic E-state index is 0.0585. The Morgan fingerprint density at radius 1 is 1.12 bits per heavy atom. The Hall–Kier alpha value is -2.33. The average molecular weight is 490 g/mol. The Kier molecular flexibility index (Phi) is 7.98. The third-order valence-corrected chi connectivity index (χ3v) is 8.63. The van der Waals surface area contributed by atoms with Crippen molar-refractivity contribution in [2.24, 2.45) is 0 Å². The molecule has 7 nitrogen and oxygen atoms in total. The van der Waals surface area contributed by atoms with Gasteiger partial charge in [0.1, 0.15) is 5.82 Å². The molecule has 2 aliphatic rings. The van der Waals surface area contributed by atoms with Crippen molar-refractivity contribution in [1.82, 2.24) is 14.5 Å². The lowest BCUT2D eigenvalue weighted by Gasteiger charge is -2.35. The molecular formula is C25H32FN3O4S. The molecule has 1 N–H and O–H groups in total. The number of piperidine rings is 1. The zero-order valence-electron chi connectivity index (χ0n) is 19.5. The summed E-state index contributed by atoms with van der Waals surface area (Å²) in [5.74, 6) is -0.690. The molecule has 2 fully saturated rings. The van der Waals surface area contributed by atoms with E-state index in [1.165, 1.54) is 28.6 Å². The molecule has 34 heavy (non-hydrogen) atoms. The number of rotatable bonds is 7. The van der Waals surface area contributed by atoms with Crippen LogP contribution >= 0.6 is 0 Å². The molecule has 0 bridgehead atoms. The van der Waals surface area contributed by atoms with Crippen LogP contribution in [0.3, 0.4) is 0 Å². The second-order valence-corrected chi connectivity index (χ2v) is 10.8. The summed E-state index contributed by atoms with van der Waals surface area (Å²) in [5, 5.41) is 2.93. The van der Waals surface area contributed by atoms with E-state index in [4.69, 9.17) is 4.74 Å². The largest absolute Gasteiger partial charge is 0.379 e. The maximum atomic E-state index is 13.9. The summed E-state index contributed by atoms with van der Waals surface area (Å²) in [7, 11) is -3.67. The lowest BCUT2D eigenvalue weighted by atomic mass is 10.0. The number of hydrogen-bond acceptors (Lipinski definition) is 5. The summed E-state index contributed by atoms with van der Waals surface area (Å²) in [6, 6.07) is 12.3. The van der Waals surface area contributed by atoms with Crippen molar-refractivity contribution in [2.45, 2.75) is 43.2 Å². The van der Waals surface area contributed by atoms with Crippen LogP contribution in [-0.2, 0) is 14.8 Å². The van der Waals surface area contributed by atoms with Gasteiger partial charge in [-0.25, -0.2) is 12.8 Å². The first-order valence-electron chi connectivity index (χ1n) is 11.8. The third kappa shape index (κ3) is 5.66. The van der Waals surface area contributed by atoms with Crippen LogP contribution in [0.2, 0.25) is 0 Å². The summed E-state index contributed by atoms with van der Waals surface area (Å²) in [6.07, 6.45) is 2.69. The SMILES string of the molecule is CC1CCCCN1S(=O)(=O)c1cccc(C(=O)NCC(c2cccc(F)c2)N2CCOCC2)c1. The first-order chi connectivity index (χ1) is 16.4. The molecule has 0 aromatic heterocycles. The fourth-order valence-corrected chi connectivity index (χ4v) is 6.46. The van der Waals surface area contributed by atoms with E-state index in [0.717, 1.165) is 24.8 Å². The van der Waals surface area contributed by atoms with Crippen LogP contribution < -0.4 is 5.32 Å². The fraction of sp³-hybridized carbons (Fsp3) is 0.480. The maximum absolute atomic E-state index is 13.9. The number of hydrogen-bond donors (Lipinski definition) is 1. The molecule has 2 unspecified atom stereocenters. The lowest BCUT2D eigenvalue weighted by molar-refractivity contribution is 0.0162. The molecule has 2 aromatic rings. The van der Waals surface area contributed by atoms with Gasteiger partial charge in [0.05, 0.1) is 24.2 Å². The van der Waals surface area contributed by atoms with Crippen molar-refractivity contribution in [3.63, 3.8) is 0 Å². The average Bonchev–Trinajstić information content (AvgIpc) is 2.85. The van der Waals surface area contributed by atoms with Crippen LogP contribution in [0.5, 0.6) is 0 Å². The second-order valence-electron chi connectivity index (χ2n) is 8.92. The van der Waals surface area contributed by atoms with Gasteiger partial charge in [-0.15, -0.1) is 0 Å². The van der Waals surface area contributed by atoms with Gasteiger partial charge >= 0.3 is 0 Å². The topological polar surface area (TPSA) is 79.0 Å². The summed E-state index contributed by atoms with van der Waals surface area (Å²) < 4.78 is 47.3. The van der Waals surface area contributed by atoms with Gasteiger partial charge in [-0.3, -0.25) is 9.69 Å². The van der Waals surface area contributed by atoms with Crippen molar-refractivity contribution >= 4 is 15.9 Å². The number of nitrogens with zero attached hydrogens (tertiary/aromatic N) is 2. The molecule has 0 spiro atoms. The monoisotopic (exact) mass is 489 g/mol. The number of carbonyl (C=O) groups excluding carboxylic acids is 1. The van der Waals surface area contributed by atoms with E-state index in [2.05, 4.69) is 10.2 Å². The number of amides is 1. The van der Waals surface area contributed by atoms with Crippen LogP contribution in [0.25, 0.3) is 0 Å². The predicted octanol–water partition coefficient (Wildman–Crippen LogP) is 3.19. The Labute approximate surface area is 200 Å². The lowest BCUT2D eigenvalue weighted by Crippen LogP contribution is -2.44. The van der Waals surface area contributed by atoms with Crippen LogP contribution in [0, 0.1) is 5.82 Å². The van der Waals surface area contributed by atoms with Crippen LogP contribution in [-0.4, -0.2) is 69.0 Å². The standard InChI is InChI=1S/C25H32FN3O4S/c1-19-6-2-3-11-29(19)34(31,32)23-10-5-8-21(17-23)25(30)27-18-24(28-12-14-33-15-13-28)20-7-4-9-22(26)16-20/h4-5,7-10,16-17,19,24H,2-3,6,11-15,18H2,1H3,(H,27,30). The molecule has 2 aromatic carbocycles. The maximum Gasteiger partial charge on any atom is 0.251 e. The van der Waals surface area contributed by atoms with E-state index in [0.29, 0.717) is 32.8 Å². The Morgan fingerprint density at radius 3 is 2.62 bits per heavy atom. The summed E-state index contributed by atoms with van der Waals surface area (Å²) in [5.41, 5.74) is 1.06. The van der Waals surface area contributed by atoms with Gasteiger partial charge in [-0.2, -0.15) is 4.31 Å². The molecule has 2 aliphatic heterocycles. The predicted molar refractivity (Wildman–Crippen MR) is 128 cm³/mol. The molecule has 4 rings (SSSR count). The number of sulfonamides is 1. The van der Waals surface area contributed by atoms with Gasteiger partial charge in [-0.1, -0.05) is 24.6 Å². The van der Waals surface area contributed by atoms with Crippen LogP contribution in [0.4, 0.5) is 4.39 Å². The Balaban J connectivity index is 1.50. The number of nitrogens with one attached hydrogen (secondary N) is 1. The van der Waals surface area contributed by atoms with Crippen LogP contribution in [0.1, 0.15) is 48.1 Å². The smallest absolute Gasteiger partial charge is 0.251 e. The summed E-state index contributed by atoms with van der Waals surface area (Å²) in [4.78, 5) is 15.3. The van der Waals surface area contributed by atoms with E-state index >= 15 is 0 Å². The third-order valence-electron chi connectivity index (χ3n) is 6.62. The molecule has 1 amide bonds. The van der Waals surface area contributed by atoms with Crippen molar-refractivity contribution < 1.29 is 22.3 Å². The Bertz CT molecular complexity index is 1100. The molecular weight excluding hydrogens is 457 g/mol. The highest BCUT2D eigenvalue weighted by Gasteiger charge is 2.31. The molecule has 2 atom stereocenters. The number of ether oxygens (including phenoxy) is 1. The quantitative estimate of drug-likeness (QED) is 0.646. The van der Waals surface area contributed by atoms with Crippen molar-refractivity contribution in [3.8, 4) is 0 Å². The Morgan fingerprint density at radius 2 is 1.88 bits per heavy atom. The van der Waals surface area contributed by atoms with Gasteiger partial charge in [0.15, 0.2) is 0 Å². The van der Waals surface area contributed by atoms with Crippen LogP contribution in [0.15, 0.2) is 53.4 Å². The zero-order valence-corrected chi connectivity index (χ0v) is 20.3. The molecule has 0 aliphatic carbocycles. The van der Waals surface area contributed by atoms with E-state index in [1.54, 1.807) is 18.2 Å². The molecule has 0 saturated carbocycles. The molecule has 9 heteroatoms. The van der Waals surface area contributed by atoms with E-state index in [-0.39, 0.29) is 40.8 Å². The first-order valence-corrected chi connectivity index (χ1v) is 13.3. The zero-order chi connectivity index (χ0) is 24.1. The number of carbonyl (C=O) groups is 1. The second kappa shape index (κ2) is 10.9. The first kappa shape index (κ1) is 24.8. The highest BCUT2D eigenvalue weighted by atomic mass is 32.2. The minimum atomic E-state index is -3.67. The van der Waals surface area contributed by atoms with Gasteiger partial charge in [0.2, 0.25) is 10.0 Å². The molecule has 2 saturated heterocycles. The summed E-state index contributed by atoms with van der Waals surface area (Å²) in [6.45, 7) is 5.20. The number of halogens is 1.